The minimum absolute atomic E-state index is 0.0799. The van der Waals surface area contributed by atoms with E-state index in [0.717, 1.165) is 11.3 Å². The summed E-state index contributed by atoms with van der Waals surface area (Å²) in [6.45, 7) is 0. The number of hydrogen-bond acceptors (Lipinski definition) is 6. The molecule has 8 heteroatoms. The number of nitro groups is 1. The van der Waals surface area contributed by atoms with Crippen LogP contribution in [0.25, 0.3) is 17.3 Å². The minimum Gasteiger partial charge on any atom is -0.461 e. The monoisotopic (exact) mass is 378 g/mol. The maximum absolute atomic E-state index is 10.8. The molecule has 0 unspecified atom stereocenters. The number of furan rings is 1. The van der Waals surface area contributed by atoms with Gasteiger partial charge in [-0.2, -0.15) is 0 Å². The lowest BCUT2D eigenvalue weighted by atomic mass is 10.2. The molecule has 0 fully saturated rings. The predicted octanol–water partition coefficient (Wildman–Crippen LogP) is 4.73. The van der Waals surface area contributed by atoms with Crippen LogP contribution in [0.4, 0.5) is 5.69 Å². The summed E-state index contributed by atoms with van der Waals surface area (Å²) in [7, 11) is 0. The van der Waals surface area contributed by atoms with Crippen molar-refractivity contribution in [3.05, 3.63) is 88.7 Å². The molecule has 0 saturated carbocycles. The number of hydrogen-bond donors (Lipinski definition) is 0. The Morgan fingerprint density at radius 2 is 1.78 bits per heavy atom. The summed E-state index contributed by atoms with van der Waals surface area (Å²) in [5.74, 6) is 1.87. The number of nitro benzene ring substituents is 1. The van der Waals surface area contributed by atoms with Crippen LogP contribution in [0.2, 0.25) is 0 Å². The highest BCUT2D eigenvalue weighted by atomic mass is 32.2. The van der Waals surface area contributed by atoms with Gasteiger partial charge in [0.1, 0.15) is 0 Å². The highest BCUT2D eigenvalue weighted by Gasteiger charge is 2.18. The summed E-state index contributed by atoms with van der Waals surface area (Å²) in [6.07, 6.45) is 1.60. The lowest BCUT2D eigenvalue weighted by Crippen LogP contribution is -1.99. The fourth-order valence-electron chi connectivity index (χ4n) is 2.60. The zero-order valence-corrected chi connectivity index (χ0v) is 14.9. The molecule has 7 nitrogen and oxygen atoms in total. The van der Waals surface area contributed by atoms with Crippen LogP contribution in [-0.2, 0) is 5.75 Å². The Morgan fingerprint density at radius 1 is 1.00 bits per heavy atom. The molecular weight excluding hydrogens is 364 g/mol. The second kappa shape index (κ2) is 7.46. The van der Waals surface area contributed by atoms with Crippen molar-refractivity contribution in [1.29, 1.82) is 0 Å². The summed E-state index contributed by atoms with van der Waals surface area (Å²) in [6, 6.07) is 20.0. The van der Waals surface area contributed by atoms with Crippen molar-refractivity contribution in [2.24, 2.45) is 0 Å². The average Bonchev–Trinajstić information content (AvgIpc) is 3.37. The van der Waals surface area contributed by atoms with Crippen LogP contribution < -0.4 is 0 Å². The molecule has 0 amide bonds. The maximum Gasteiger partial charge on any atom is 0.269 e. The van der Waals surface area contributed by atoms with Gasteiger partial charge in [-0.05, 0) is 29.8 Å². The Balaban J connectivity index is 1.64. The van der Waals surface area contributed by atoms with Gasteiger partial charge in [0.15, 0.2) is 10.9 Å². The molecule has 2 heterocycles. The van der Waals surface area contributed by atoms with E-state index in [2.05, 4.69) is 10.2 Å². The van der Waals surface area contributed by atoms with E-state index in [1.165, 1.54) is 23.9 Å². The van der Waals surface area contributed by atoms with Crippen LogP contribution >= 0.6 is 11.8 Å². The van der Waals surface area contributed by atoms with Crippen molar-refractivity contribution < 1.29 is 9.34 Å². The van der Waals surface area contributed by atoms with Crippen molar-refractivity contribution >= 4 is 17.4 Å². The van der Waals surface area contributed by atoms with Crippen molar-refractivity contribution in [2.75, 3.05) is 0 Å². The van der Waals surface area contributed by atoms with E-state index in [0.29, 0.717) is 22.5 Å². The third-order valence-electron chi connectivity index (χ3n) is 3.90. The van der Waals surface area contributed by atoms with Crippen LogP contribution in [0.1, 0.15) is 5.56 Å². The molecule has 0 atom stereocenters. The number of rotatable bonds is 6. The number of para-hydroxylation sites is 1. The molecule has 0 aliphatic rings. The number of non-ortho nitro benzene ring substituents is 1. The van der Waals surface area contributed by atoms with Gasteiger partial charge < -0.3 is 4.42 Å². The van der Waals surface area contributed by atoms with Crippen molar-refractivity contribution in [2.45, 2.75) is 10.9 Å². The molecule has 0 saturated heterocycles. The molecule has 0 aliphatic heterocycles. The first-order valence-corrected chi connectivity index (χ1v) is 9.12. The topological polar surface area (TPSA) is 87.0 Å². The van der Waals surface area contributed by atoms with E-state index >= 15 is 0 Å². The molecule has 4 rings (SSSR count). The molecule has 2 aromatic carbocycles. The van der Waals surface area contributed by atoms with E-state index < -0.39 is 4.92 Å². The third kappa shape index (κ3) is 3.61. The summed E-state index contributed by atoms with van der Waals surface area (Å²) in [5.41, 5.74) is 1.98. The fraction of sp³-hybridized carbons (Fsp3) is 0.0526. The van der Waals surface area contributed by atoms with Gasteiger partial charge in [0.05, 0.1) is 11.2 Å². The largest absolute Gasteiger partial charge is 0.461 e. The first kappa shape index (κ1) is 17.0. The molecular formula is C19H14N4O3S. The molecule has 0 N–H and O–H groups in total. The van der Waals surface area contributed by atoms with Crippen LogP contribution in [0.15, 0.2) is 82.6 Å². The number of thioether (sulfide) groups is 1. The predicted molar refractivity (Wildman–Crippen MR) is 102 cm³/mol. The van der Waals surface area contributed by atoms with Crippen LogP contribution in [0.3, 0.4) is 0 Å². The van der Waals surface area contributed by atoms with E-state index in [4.69, 9.17) is 4.42 Å². The lowest BCUT2D eigenvalue weighted by molar-refractivity contribution is -0.384. The molecule has 27 heavy (non-hydrogen) atoms. The van der Waals surface area contributed by atoms with Gasteiger partial charge in [-0.15, -0.1) is 10.2 Å². The Hall–Kier alpha value is -3.39. The van der Waals surface area contributed by atoms with Crippen molar-refractivity contribution in [3.8, 4) is 17.3 Å². The normalized spacial score (nSPS) is 10.8. The van der Waals surface area contributed by atoms with Crippen LogP contribution in [0, 0.1) is 10.1 Å². The Kier molecular flexibility index (Phi) is 4.71. The molecule has 0 bridgehead atoms. The Morgan fingerprint density at radius 3 is 2.44 bits per heavy atom. The van der Waals surface area contributed by atoms with E-state index in [1.54, 1.807) is 18.4 Å². The van der Waals surface area contributed by atoms with E-state index in [9.17, 15) is 10.1 Å². The highest BCUT2D eigenvalue weighted by molar-refractivity contribution is 7.98. The van der Waals surface area contributed by atoms with Gasteiger partial charge in [-0.1, -0.05) is 42.1 Å². The first-order valence-electron chi connectivity index (χ1n) is 8.13. The van der Waals surface area contributed by atoms with Gasteiger partial charge in [-0.25, -0.2) is 0 Å². The molecule has 0 spiro atoms. The van der Waals surface area contributed by atoms with Crippen LogP contribution in [-0.4, -0.2) is 19.7 Å². The van der Waals surface area contributed by atoms with Gasteiger partial charge in [0.25, 0.3) is 5.69 Å². The molecule has 0 aliphatic carbocycles. The molecule has 2 aromatic heterocycles. The zero-order chi connectivity index (χ0) is 18.6. The maximum atomic E-state index is 10.8. The van der Waals surface area contributed by atoms with Gasteiger partial charge in [0, 0.05) is 23.6 Å². The molecule has 4 aromatic rings. The van der Waals surface area contributed by atoms with Gasteiger partial charge in [0.2, 0.25) is 5.82 Å². The van der Waals surface area contributed by atoms with Crippen LogP contribution in [0.5, 0.6) is 0 Å². The third-order valence-corrected chi connectivity index (χ3v) is 4.90. The SMILES string of the molecule is O=[N+]([O-])c1ccc(CSc2nnc(-c3ccco3)n2-c2ccccc2)cc1. The molecule has 0 radical (unpaired) electrons. The summed E-state index contributed by atoms with van der Waals surface area (Å²) < 4.78 is 7.44. The first-order chi connectivity index (χ1) is 13.2. The summed E-state index contributed by atoms with van der Waals surface area (Å²) in [5, 5.41) is 20.1. The standard InChI is InChI=1S/C19H14N4O3S/c24-23(25)16-10-8-14(9-11-16)13-27-19-21-20-18(17-7-4-12-26-17)22(19)15-5-2-1-3-6-15/h1-12H,13H2. The lowest BCUT2D eigenvalue weighted by Gasteiger charge is -2.09. The highest BCUT2D eigenvalue weighted by Crippen LogP contribution is 2.30. The van der Waals surface area contributed by atoms with Gasteiger partial charge in [-0.3, -0.25) is 14.7 Å². The number of aromatic nitrogens is 3. The average molecular weight is 378 g/mol. The fourth-order valence-corrected chi connectivity index (χ4v) is 3.51. The molecule has 134 valence electrons. The summed E-state index contributed by atoms with van der Waals surface area (Å²) in [4.78, 5) is 10.4. The zero-order valence-electron chi connectivity index (χ0n) is 14.1. The quantitative estimate of drug-likeness (QED) is 0.274. The smallest absolute Gasteiger partial charge is 0.269 e. The van der Waals surface area contributed by atoms with Gasteiger partial charge >= 0.3 is 0 Å². The van der Waals surface area contributed by atoms with Crippen molar-refractivity contribution in [3.63, 3.8) is 0 Å². The number of nitrogens with zero attached hydrogens (tertiary/aromatic N) is 4. The summed E-state index contributed by atoms with van der Waals surface area (Å²) >= 11 is 1.51. The van der Waals surface area contributed by atoms with E-state index in [1.807, 2.05) is 47.0 Å². The number of benzene rings is 2. The van der Waals surface area contributed by atoms with Crippen molar-refractivity contribution in [1.82, 2.24) is 14.8 Å². The second-order valence-electron chi connectivity index (χ2n) is 5.67. The Bertz CT molecular complexity index is 1040. The van der Waals surface area contributed by atoms with E-state index in [-0.39, 0.29) is 5.69 Å². The minimum atomic E-state index is -0.404. The second-order valence-corrected chi connectivity index (χ2v) is 6.61. The Labute approximate surface area is 158 Å².